The molecule has 0 aromatic heterocycles. The molecule has 4 heteroatoms. The van der Waals surface area contributed by atoms with Gasteiger partial charge in [0.15, 0.2) is 0 Å². The molecule has 0 aliphatic carbocycles. The largest absolute Gasteiger partial charge is 0.325 e. The maximum Gasteiger partial charge on any atom is 0.250 e. The predicted molar refractivity (Wildman–Crippen MR) is 101 cm³/mol. The summed E-state index contributed by atoms with van der Waals surface area (Å²) in [6.45, 7) is 7.82. The van der Waals surface area contributed by atoms with Gasteiger partial charge in [0.05, 0.1) is 5.41 Å². The Bertz CT molecular complexity index is 843. The van der Waals surface area contributed by atoms with E-state index in [1.807, 2.05) is 55.5 Å². The molecule has 128 valence electrons. The minimum absolute atomic E-state index is 0.118. The van der Waals surface area contributed by atoms with Crippen molar-refractivity contribution in [1.29, 1.82) is 0 Å². The van der Waals surface area contributed by atoms with Crippen LogP contribution in [0.4, 0.5) is 11.4 Å². The van der Waals surface area contributed by atoms with Gasteiger partial charge >= 0.3 is 0 Å². The zero-order valence-corrected chi connectivity index (χ0v) is 14.6. The molecule has 0 spiro atoms. The van der Waals surface area contributed by atoms with Crippen molar-refractivity contribution in [2.45, 2.75) is 25.7 Å². The molecule has 0 fully saturated rings. The van der Waals surface area contributed by atoms with Crippen LogP contribution in [0.15, 0.2) is 61.2 Å². The van der Waals surface area contributed by atoms with Gasteiger partial charge in [-0.15, -0.1) is 0 Å². The highest BCUT2D eigenvalue weighted by atomic mass is 16.2. The van der Waals surface area contributed by atoms with Gasteiger partial charge in [0, 0.05) is 17.9 Å². The van der Waals surface area contributed by atoms with E-state index >= 15 is 0 Å². The first-order chi connectivity index (χ1) is 12.0. The fourth-order valence-corrected chi connectivity index (χ4v) is 3.30. The lowest BCUT2D eigenvalue weighted by Gasteiger charge is -2.24. The number of amides is 2. The van der Waals surface area contributed by atoms with Gasteiger partial charge in [-0.25, -0.2) is 0 Å². The van der Waals surface area contributed by atoms with Gasteiger partial charge in [0.1, 0.15) is 0 Å². The number of anilines is 2. The number of hydrogen-bond acceptors (Lipinski definition) is 2. The molecule has 3 rings (SSSR count). The standard InChI is InChI=1S/C21H22N2O2/c1-4-15-9-8-10-16(13-15)22-20(25)21(3)14-23(19(24)5-2)18-12-7-6-11-17(18)21/h5-13H,2,4,14H2,1,3H3,(H,22,25). The second-order valence-corrected chi connectivity index (χ2v) is 6.49. The molecule has 1 unspecified atom stereocenters. The Morgan fingerprint density at radius 1 is 1.24 bits per heavy atom. The lowest BCUT2D eigenvalue weighted by Crippen LogP contribution is -2.43. The molecule has 0 saturated heterocycles. The predicted octanol–water partition coefficient (Wildman–Crippen LogP) is 3.68. The average molecular weight is 334 g/mol. The Labute approximate surface area is 148 Å². The molecule has 1 N–H and O–H groups in total. The number of carbonyl (C=O) groups excluding carboxylic acids is 2. The Balaban J connectivity index is 1.94. The molecule has 0 radical (unpaired) electrons. The number of fused-ring (bicyclic) bond motifs is 1. The van der Waals surface area contributed by atoms with Gasteiger partial charge < -0.3 is 10.2 Å². The van der Waals surface area contributed by atoms with E-state index in [1.165, 1.54) is 11.6 Å². The van der Waals surface area contributed by atoms with Crippen LogP contribution in [-0.4, -0.2) is 18.4 Å². The van der Waals surface area contributed by atoms with Crippen molar-refractivity contribution in [2.75, 3.05) is 16.8 Å². The molecule has 1 aliphatic rings. The van der Waals surface area contributed by atoms with Gasteiger partial charge in [-0.3, -0.25) is 9.59 Å². The van der Waals surface area contributed by atoms with Crippen molar-refractivity contribution in [2.24, 2.45) is 0 Å². The monoisotopic (exact) mass is 334 g/mol. The number of para-hydroxylation sites is 1. The van der Waals surface area contributed by atoms with Crippen LogP contribution in [0.3, 0.4) is 0 Å². The highest BCUT2D eigenvalue weighted by Crippen LogP contribution is 2.41. The number of carbonyl (C=O) groups is 2. The molecule has 1 heterocycles. The van der Waals surface area contributed by atoms with E-state index < -0.39 is 5.41 Å². The zero-order valence-electron chi connectivity index (χ0n) is 14.6. The highest BCUT2D eigenvalue weighted by molar-refractivity contribution is 6.08. The van der Waals surface area contributed by atoms with Crippen molar-refractivity contribution in [1.82, 2.24) is 0 Å². The molecular weight excluding hydrogens is 312 g/mol. The third-order valence-corrected chi connectivity index (χ3v) is 4.80. The van der Waals surface area contributed by atoms with Crippen LogP contribution >= 0.6 is 0 Å². The zero-order chi connectivity index (χ0) is 18.0. The number of benzene rings is 2. The second kappa shape index (κ2) is 6.55. The number of hydrogen-bond donors (Lipinski definition) is 1. The minimum atomic E-state index is -0.808. The number of nitrogens with one attached hydrogen (secondary N) is 1. The van der Waals surface area contributed by atoms with Crippen molar-refractivity contribution in [3.63, 3.8) is 0 Å². The normalized spacial score (nSPS) is 18.6. The van der Waals surface area contributed by atoms with E-state index in [4.69, 9.17) is 0 Å². The molecular formula is C21H22N2O2. The molecule has 2 aromatic carbocycles. The topological polar surface area (TPSA) is 49.4 Å². The molecule has 1 aliphatic heterocycles. The van der Waals surface area contributed by atoms with Crippen LogP contribution < -0.4 is 10.2 Å². The van der Waals surface area contributed by atoms with Crippen molar-refractivity contribution >= 4 is 23.2 Å². The maximum atomic E-state index is 13.1. The van der Waals surface area contributed by atoms with Crippen LogP contribution in [0.2, 0.25) is 0 Å². The van der Waals surface area contributed by atoms with Crippen LogP contribution in [0, 0.1) is 0 Å². The van der Waals surface area contributed by atoms with Crippen molar-refractivity contribution in [3.05, 3.63) is 72.3 Å². The summed E-state index contributed by atoms with van der Waals surface area (Å²) in [5.41, 5.74) is 2.76. The summed E-state index contributed by atoms with van der Waals surface area (Å²) < 4.78 is 0. The van der Waals surface area contributed by atoms with E-state index in [1.54, 1.807) is 4.90 Å². The lowest BCUT2D eigenvalue weighted by atomic mass is 9.83. The van der Waals surface area contributed by atoms with E-state index in [2.05, 4.69) is 18.8 Å². The molecule has 1 atom stereocenters. The summed E-state index contributed by atoms with van der Waals surface area (Å²) in [6.07, 6.45) is 2.19. The van der Waals surface area contributed by atoms with Crippen LogP contribution in [0.5, 0.6) is 0 Å². The second-order valence-electron chi connectivity index (χ2n) is 6.49. The lowest BCUT2D eigenvalue weighted by molar-refractivity contribution is -0.120. The fraction of sp³-hybridized carbons (Fsp3) is 0.238. The fourth-order valence-electron chi connectivity index (χ4n) is 3.30. The molecule has 0 bridgehead atoms. The molecule has 2 amide bonds. The Hall–Kier alpha value is -2.88. The van der Waals surface area contributed by atoms with E-state index in [-0.39, 0.29) is 11.8 Å². The van der Waals surface area contributed by atoms with Gasteiger partial charge in [0.2, 0.25) is 11.8 Å². The van der Waals surface area contributed by atoms with Gasteiger partial charge in [-0.2, -0.15) is 0 Å². The molecule has 2 aromatic rings. The van der Waals surface area contributed by atoms with Gasteiger partial charge in [-0.1, -0.05) is 43.8 Å². The van der Waals surface area contributed by atoms with E-state index in [0.29, 0.717) is 6.54 Å². The first kappa shape index (κ1) is 17.0. The average Bonchev–Trinajstić information content (AvgIpc) is 2.96. The summed E-state index contributed by atoms with van der Waals surface area (Å²) in [6, 6.07) is 15.4. The SMILES string of the molecule is C=CC(=O)N1CC(C)(C(=O)Nc2cccc(CC)c2)c2ccccc21. The number of aryl methyl sites for hydroxylation is 1. The Morgan fingerprint density at radius 3 is 2.72 bits per heavy atom. The van der Waals surface area contributed by atoms with Crippen LogP contribution in [0.1, 0.15) is 25.0 Å². The first-order valence-electron chi connectivity index (χ1n) is 8.43. The van der Waals surface area contributed by atoms with Crippen molar-refractivity contribution < 1.29 is 9.59 Å². The molecule has 25 heavy (non-hydrogen) atoms. The van der Waals surface area contributed by atoms with Gasteiger partial charge in [-0.05, 0) is 48.7 Å². The number of nitrogens with zero attached hydrogens (tertiary/aromatic N) is 1. The highest BCUT2D eigenvalue weighted by Gasteiger charge is 2.46. The minimum Gasteiger partial charge on any atom is -0.325 e. The molecule has 4 nitrogen and oxygen atoms in total. The quantitative estimate of drug-likeness (QED) is 0.867. The Morgan fingerprint density at radius 2 is 2.00 bits per heavy atom. The smallest absolute Gasteiger partial charge is 0.250 e. The summed E-state index contributed by atoms with van der Waals surface area (Å²) in [5, 5.41) is 3.01. The third kappa shape index (κ3) is 2.95. The summed E-state index contributed by atoms with van der Waals surface area (Å²) in [5.74, 6) is -0.315. The maximum absolute atomic E-state index is 13.1. The Kier molecular flexibility index (Phi) is 4.45. The van der Waals surface area contributed by atoms with Crippen molar-refractivity contribution in [3.8, 4) is 0 Å². The van der Waals surface area contributed by atoms with Crippen LogP contribution in [-0.2, 0) is 21.4 Å². The first-order valence-corrected chi connectivity index (χ1v) is 8.43. The molecule has 0 saturated carbocycles. The summed E-state index contributed by atoms with van der Waals surface area (Å²) in [7, 11) is 0. The summed E-state index contributed by atoms with van der Waals surface area (Å²) in [4.78, 5) is 26.9. The third-order valence-electron chi connectivity index (χ3n) is 4.80. The van der Waals surface area contributed by atoms with Gasteiger partial charge in [0.25, 0.3) is 0 Å². The van der Waals surface area contributed by atoms with Crippen LogP contribution in [0.25, 0.3) is 0 Å². The van der Waals surface area contributed by atoms with E-state index in [0.717, 1.165) is 23.4 Å². The number of rotatable bonds is 4. The summed E-state index contributed by atoms with van der Waals surface area (Å²) >= 11 is 0. The van der Waals surface area contributed by atoms with E-state index in [9.17, 15) is 9.59 Å².